The normalized spacial score (nSPS) is 30.6. The van der Waals surface area contributed by atoms with Crippen molar-refractivity contribution in [3.8, 4) is 0 Å². The minimum absolute atomic E-state index is 0.161. The number of hydrogen-bond acceptors (Lipinski definition) is 2. The predicted molar refractivity (Wildman–Crippen MR) is 117 cm³/mol. The first-order valence-corrected chi connectivity index (χ1v) is 11.7. The molecule has 0 aliphatic heterocycles. The van der Waals surface area contributed by atoms with Crippen molar-refractivity contribution in [3.63, 3.8) is 0 Å². The van der Waals surface area contributed by atoms with Crippen LogP contribution in [0.2, 0.25) is 0 Å². The van der Waals surface area contributed by atoms with Crippen LogP contribution in [0.15, 0.2) is 16.1 Å². The third-order valence-corrected chi connectivity index (χ3v) is 8.40. The van der Waals surface area contributed by atoms with Crippen molar-refractivity contribution in [2.75, 3.05) is 6.54 Å². The van der Waals surface area contributed by atoms with Gasteiger partial charge in [0.1, 0.15) is 0 Å². The van der Waals surface area contributed by atoms with Crippen LogP contribution in [0.3, 0.4) is 0 Å². The number of unbranched alkanes of at least 4 members (excludes halogenated alkanes) is 4. The molecule has 0 heterocycles. The number of nitrogens with zero attached hydrogens (tertiary/aromatic N) is 1. The zero-order valence-electron chi connectivity index (χ0n) is 18.4. The number of carbonyl (C=O) groups excluding carboxylic acids is 1. The highest BCUT2D eigenvalue weighted by Crippen LogP contribution is 2.73. The molecule has 158 valence electrons. The van der Waals surface area contributed by atoms with Gasteiger partial charge in [-0.25, -0.2) is 0 Å². The maximum absolute atomic E-state index is 13.1. The highest BCUT2D eigenvalue weighted by atomic mass is 16.1. The van der Waals surface area contributed by atoms with E-state index in [2.05, 4.69) is 25.8 Å². The van der Waals surface area contributed by atoms with Gasteiger partial charge in [-0.05, 0) is 67.8 Å². The summed E-state index contributed by atoms with van der Waals surface area (Å²) < 4.78 is 0. The minimum Gasteiger partial charge on any atom is -0.370 e. The Hall–Kier alpha value is -1.32. The second kappa shape index (κ2) is 8.59. The monoisotopic (exact) mass is 387 g/mol. The Labute approximate surface area is 171 Å². The standard InChI is InChI=1S/C24H41N3O/c1-4-5-6-7-10-17-12-13-18-15-20-19(11-8-9-14-27-22(25)26)21(28)16-24(17,20)23(18,2)3/h17-18H,4-16H2,1-3H3,(H4,25,26,27). The molecule has 28 heavy (non-hydrogen) atoms. The van der Waals surface area contributed by atoms with Crippen molar-refractivity contribution < 1.29 is 4.79 Å². The van der Waals surface area contributed by atoms with Crippen LogP contribution in [0.1, 0.15) is 97.8 Å². The average Bonchev–Trinajstić information content (AvgIpc) is 2.94. The van der Waals surface area contributed by atoms with Crippen molar-refractivity contribution >= 4 is 11.7 Å². The fourth-order valence-corrected chi connectivity index (χ4v) is 6.84. The molecule has 0 radical (unpaired) electrons. The summed E-state index contributed by atoms with van der Waals surface area (Å²) in [5.74, 6) is 2.08. The summed E-state index contributed by atoms with van der Waals surface area (Å²) in [6, 6.07) is 0. The predicted octanol–water partition coefficient (Wildman–Crippen LogP) is 5.11. The molecule has 0 aromatic carbocycles. The van der Waals surface area contributed by atoms with Crippen LogP contribution >= 0.6 is 0 Å². The lowest BCUT2D eigenvalue weighted by Crippen LogP contribution is -2.46. The van der Waals surface area contributed by atoms with Crippen LogP contribution in [0.5, 0.6) is 0 Å². The van der Waals surface area contributed by atoms with Gasteiger partial charge in [0.05, 0.1) is 0 Å². The third-order valence-electron chi connectivity index (χ3n) is 8.40. The Morgan fingerprint density at radius 3 is 2.61 bits per heavy atom. The van der Waals surface area contributed by atoms with Gasteiger partial charge in [0.15, 0.2) is 11.7 Å². The second-order valence-corrected chi connectivity index (χ2v) is 10.0. The molecule has 2 bridgehead atoms. The fourth-order valence-electron chi connectivity index (χ4n) is 6.84. The molecule has 3 aliphatic rings. The summed E-state index contributed by atoms with van der Waals surface area (Å²) in [7, 11) is 0. The van der Waals surface area contributed by atoms with Gasteiger partial charge in [-0.15, -0.1) is 0 Å². The van der Waals surface area contributed by atoms with Crippen molar-refractivity contribution in [2.45, 2.75) is 97.8 Å². The molecule has 3 rings (SSSR count). The van der Waals surface area contributed by atoms with E-state index in [1.165, 1.54) is 56.9 Å². The molecule has 3 aliphatic carbocycles. The van der Waals surface area contributed by atoms with Gasteiger partial charge in [0.25, 0.3) is 0 Å². The van der Waals surface area contributed by atoms with E-state index in [9.17, 15) is 4.79 Å². The number of guanidine groups is 1. The topological polar surface area (TPSA) is 81.5 Å². The highest BCUT2D eigenvalue weighted by molar-refractivity contribution is 6.00. The van der Waals surface area contributed by atoms with Crippen molar-refractivity contribution in [1.82, 2.24) is 0 Å². The maximum Gasteiger partial charge on any atom is 0.185 e. The van der Waals surface area contributed by atoms with E-state index < -0.39 is 0 Å². The van der Waals surface area contributed by atoms with Crippen LogP contribution < -0.4 is 11.5 Å². The molecular formula is C24H41N3O. The van der Waals surface area contributed by atoms with Crippen LogP contribution in [0.25, 0.3) is 0 Å². The van der Waals surface area contributed by atoms with Gasteiger partial charge < -0.3 is 11.5 Å². The maximum atomic E-state index is 13.1. The van der Waals surface area contributed by atoms with Gasteiger partial charge in [-0.3, -0.25) is 9.79 Å². The molecule has 0 saturated heterocycles. The first-order chi connectivity index (χ1) is 13.3. The van der Waals surface area contributed by atoms with Crippen LogP contribution in [-0.4, -0.2) is 18.3 Å². The van der Waals surface area contributed by atoms with Crippen LogP contribution in [0.4, 0.5) is 0 Å². The van der Waals surface area contributed by atoms with E-state index in [1.807, 2.05) is 0 Å². The van der Waals surface area contributed by atoms with E-state index >= 15 is 0 Å². The number of nitrogens with two attached hydrogens (primary N) is 2. The second-order valence-electron chi connectivity index (χ2n) is 10.0. The Balaban J connectivity index is 1.77. The van der Waals surface area contributed by atoms with Crippen LogP contribution in [-0.2, 0) is 4.79 Å². The third kappa shape index (κ3) is 3.64. The van der Waals surface area contributed by atoms with Crippen molar-refractivity contribution in [2.24, 2.45) is 39.1 Å². The van der Waals surface area contributed by atoms with E-state index in [0.717, 1.165) is 31.6 Å². The smallest absolute Gasteiger partial charge is 0.185 e. The zero-order valence-corrected chi connectivity index (χ0v) is 18.4. The van der Waals surface area contributed by atoms with Gasteiger partial charge in [0, 0.05) is 18.4 Å². The molecule has 0 aromatic heterocycles. The van der Waals surface area contributed by atoms with E-state index in [-0.39, 0.29) is 16.8 Å². The SMILES string of the molecule is CCCCCCC1CCC2CC3=C(CCCCN=C(N)N)C(=O)CC31C2(C)C. The Morgan fingerprint density at radius 2 is 1.89 bits per heavy atom. The molecule has 4 heteroatoms. The number of carbonyl (C=O) groups is 1. The first kappa shape index (κ1) is 21.4. The number of aliphatic imine (C=N–C) groups is 1. The first-order valence-electron chi connectivity index (χ1n) is 11.7. The summed E-state index contributed by atoms with van der Waals surface area (Å²) in [4.78, 5) is 17.2. The molecule has 4 N–H and O–H groups in total. The average molecular weight is 388 g/mol. The number of ketones is 1. The summed E-state index contributed by atoms with van der Waals surface area (Å²) in [6.45, 7) is 7.88. The number of hydrogen-bond donors (Lipinski definition) is 2. The highest BCUT2D eigenvalue weighted by Gasteiger charge is 2.66. The molecule has 0 amide bonds. The largest absolute Gasteiger partial charge is 0.370 e. The lowest BCUT2D eigenvalue weighted by Gasteiger charge is -2.52. The Kier molecular flexibility index (Phi) is 6.56. The lowest BCUT2D eigenvalue weighted by atomic mass is 9.51. The molecule has 1 spiro atoms. The summed E-state index contributed by atoms with van der Waals surface area (Å²) in [6.07, 6.45) is 14.1. The van der Waals surface area contributed by atoms with Gasteiger partial charge in [-0.1, -0.05) is 52.0 Å². The molecule has 2 saturated carbocycles. The van der Waals surface area contributed by atoms with E-state index in [0.29, 0.717) is 18.2 Å². The molecular weight excluding hydrogens is 346 g/mol. The summed E-state index contributed by atoms with van der Waals surface area (Å²) in [5, 5.41) is 0. The van der Waals surface area contributed by atoms with E-state index in [4.69, 9.17) is 11.5 Å². The fraction of sp³-hybridized carbons (Fsp3) is 0.833. The number of fused-ring (bicyclic) bond motifs is 1. The molecule has 3 atom stereocenters. The quantitative estimate of drug-likeness (QED) is 0.310. The van der Waals surface area contributed by atoms with E-state index in [1.54, 1.807) is 5.57 Å². The van der Waals surface area contributed by atoms with Gasteiger partial charge in [0.2, 0.25) is 0 Å². The van der Waals surface area contributed by atoms with Gasteiger partial charge >= 0.3 is 0 Å². The molecule has 2 fully saturated rings. The van der Waals surface area contributed by atoms with Crippen molar-refractivity contribution in [3.05, 3.63) is 11.1 Å². The molecule has 4 nitrogen and oxygen atoms in total. The summed E-state index contributed by atoms with van der Waals surface area (Å²) in [5.41, 5.74) is 14.0. The number of Topliss-reactive ketones (excluding diaryl/α,β-unsaturated/α-hetero) is 1. The number of allylic oxidation sites excluding steroid dienone is 2. The number of rotatable bonds is 10. The summed E-state index contributed by atoms with van der Waals surface area (Å²) >= 11 is 0. The molecule has 0 aromatic rings. The van der Waals surface area contributed by atoms with Crippen LogP contribution in [0, 0.1) is 22.7 Å². The Morgan fingerprint density at radius 1 is 1.11 bits per heavy atom. The lowest BCUT2D eigenvalue weighted by molar-refractivity contribution is -0.120. The van der Waals surface area contributed by atoms with Crippen molar-refractivity contribution in [1.29, 1.82) is 0 Å². The zero-order chi connectivity index (χ0) is 20.4. The Bertz CT molecular complexity index is 644. The minimum atomic E-state index is 0.161. The van der Waals surface area contributed by atoms with Gasteiger partial charge in [-0.2, -0.15) is 0 Å². The molecule has 3 unspecified atom stereocenters.